The zero-order valence-corrected chi connectivity index (χ0v) is 9.89. The quantitative estimate of drug-likeness (QED) is 0.422. The van der Waals surface area contributed by atoms with Crippen LogP contribution in [0.3, 0.4) is 0 Å². The van der Waals surface area contributed by atoms with Gasteiger partial charge in [-0.1, -0.05) is 30.4 Å². The lowest BCUT2D eigenvalue weighted by Gasteiger charge is -2.10. The Bertz CT molecular complexity index is 289. The smallest absolute Gasteiger partial charge is 0.0273 e. The van der Waals surface area contributed by atoms with Crippen LogP contribution < -0.4 is 0 Å². The van der Waals surface area contributed by atoms with E-state index in [2.05, 4.69) is 38.3 Å². The maximum atomic E-state index is 4.15. The number of allylic oxidation sites excluding steroid dienone is 6. The summed E-state index contributed by atoms with van der Waals surface area (Å²) in [6, 6.07) is 0. The van der Waals surface area contributed by atoms with Gasteiger partial charge < -0.3 is 0 Å². The fourth-order valence-corrected chi connectivity index (χ4v) is 1.79. The van der Waals surface area contributed by atoms with Crippen LogP contribution in [0.2, 0.25) is 0 Å². The highest BCUT2D eigenvalue weighted by Gasteiger charge is 2.02. The number of hydrogen-bond donors (Lipinski definition) is 0. The van der Waals surface area contributed by atoms with Gasteiger partial charge in [-0.2, -0.15) is 0 Å². The lowest BCUT2D eigenvalue weighted by molar-refractivity contribution is 0.730. The van der Waals surface area contributed by atoms with E-state index >= 15 is 0 Å². The standard InChI is InChI=1S/C15H22/c1-13(2)9-7-8-10-14(3)15-11-5-4-6-12-15/h5,11-12H,1,3-4,6-10H2,2H3. The van der Waals surface area contributed by atoms with Gasteiger partial charge in [0, 0.05) is 0 Å². The van der Waals surface area contributed by atoms with Crippen molar-refractivity contribution < 1.29 is 0 Å². The first-order valence-corrected chi connectivity index (χ1v) is 5.89. The van der Waals surface area contributed by atoms with Crippen LogP contribution >= 0.6 is 0 Å². The van der Waals surface area contributed by atoms with E-state index in [1.165, 1.54) is 42.4 Å². The second-order valence-corrected chi connectivity index (χ2v) is 4.41. The highest BCUT2D eigenvalue weighted by molar-refractivity contribution is 5.39. The molecule has 0 radical (unpaired) electrons. The summed E-state index contributed by atoms with van der Waals surface area (Å²) in [5.41, 5.74) is 3.95. The third-order valence-corrected chi connectivity index (χ3v) is 2.74. The normalized spacial score (nSPS) is 14.9. The van der Waals surface area contributed by atoms with Crippen molar-refractivity contribution in [1.82, 2.24) is 0 Å². The van der Waals surface area contributed by atoms with E-state index in [0.717, 1.165) is 12.8 Å². The number of hydrogen-bond acceptors (Lipinski definition) is 0. The Morgan fingerprint density at radius 2 is 1.93 bits per heavy atom. The van der Waals surface area contributed by atoms with E-state index in [0.29, 0.717) is 0 Å². The molecule has 0 fully saturated rings. The van der Waals surface area contributed by atoms with E-state index in [1.807, 2.05) is 0 Å². The zero-order valence-electron chi connectivity index (χ0n) is 9.89. The van der Waals surface area contributed by atoms with Gasteiger partial charge in [0.05, 0.1) is 0 Å². The summed E-state index contributed by atoms with van der Waals surface area (Å²) in [5.74, 6) is 0. The molecule has 0 aromatic heterocycles. The average Bonchev–Trinajstić information content (AvgIpc) is 2.25. The second kappa shape index (κ2) is 6.44. The Balaban J connectivity index is 2.21. The zero-order chi connectivity index (χ0) is 11.1. The first-order valence-electron chi connectivity index (χ1n) is 5.89. The van der Waals surface area contributed by atoms with Crippen LogP contribution in [-0.4, -0.2) is 0 Å². The molecule has 1 aliphatic carbocycles. The lowest BCUT2D eigenvalue weighted by Crippen LogP contribution is -1.90. The Morgan fingerprint density at radius 1 is 1.20 bits per heavy atom. The van der Waals surface area contributed by atoms with Crippen LogP contribution in [0.15, 0.2) is 48.1 Å². The first kappa shape index (κ1) is 12.0. The summed E-state index contributed by atoms with van der Waals surface area (Å²) in [6.07, 6.45) is 13.9. The van der Waals surface area contributed by atoms with Crippen molar-refractivity contribution in [3.8, 4) is 0 Å². The van der Waals surface area contributed by atoms with E-state index < -0.39 is 0 Å². The van der Waals surface area contributed by atoms with Gasteiger partial charge in [0.25, 0.3) is 0 Å². The molecule has 1 rings (SSSR count). The highest BCUT2D eigenvalue weighted by atomic mass is 14.1. The molecule has 0 saturated heterocycles. The maximum absolute atomic E-state index is 4.15. The van der Waals surface area contributed by atoms with Gasteiger partial charge in [0.1, 0.15) is 0 Å². The van der Waals surface area contributed by atoms with Crippen LogP contribution in [0.1, 0.15) is 45.4 Å². The summed E-state index contributed by atoms with van der Waals surface area (Å²) in [5, 5.41) is 0. The van der Waals surface area contributed by atoms with E-state index in [1.54, 1.807) is 0 Å². The van der Waals surface area contributed by atoms with Gasteiger partial charge >= 0.3 is 0 Å². The van der Waals surface area contributed by atoms with Crippen molar-refractivity contribution in [3.05, 3.63) is 48.1 Å². The molecule has 0 saturated carbocycles. The summed E-state index contributed by atoms with van der Waals surface area (Å²) >= 11 is 0. The van der Waals surface area contributed by atoms with Crippen molar-refractivity contribution in [2.24, 2.45) is 0 Å². The highest BCUT2D eigenvalue weighted by Crippen LogP contribution is 2.21. The Kier molecular flexibility index (Phi) is 5.17. The Morgan fingerprint density at radius 3 is 2.53 bits per heavy atom. The molecule has 0 amide bonds. The minimum atomic E-state index is 1.13. The Labute approximate surface area is 94.1 Å². The molecule has 0 bridgehead atoms. The van der Waals surface area contributed by atoms with Crippen LogP contribution in [0.25, 0.3) is 0 Å². The van der Waals surface area contributed by atoms with Gasteiger partial charge in [0.2, 0.25) is 0 Å². The van der Waals surface area contributed by atoms with E-state index in [9.17, 15) is 0 Å². The summed E-state index contributed by atoms with van der Waals surface area (Å²) in [7, 11) is 0. The molecule has 0 aliphatic heterocycles. The molecule has 0 unspecified atom stereocenters. The molecule has 0 N–H and O–H groups in total. The van der Waals surface area contributed by atoms with Crippen LogP contribution in [0, 0.1) is 0 Å². The topological polar surface area (TPSA) is 0 Å². The van der Waals surface area contributed by atoms with Gasteiger partial charge in [-0.3, -0.25) is 0 Å². The molecule has 0 nitrogen and oxygen atoms in total. The Hall–Kier alpha value is -1.04. The molecular weight excluding hydrogens is 180 g/mol. The molecule has 0 heterocycles. The number of unbranched alkanes of at least 4 members (excludes halogenated alkanes) is 1. The third kappa shape index (κ3) is 4.83. The third-order valence-electron chi connectivity index (χ3n) is 2.74. The van der Waals surface area contributed by atoms with Crippen molar-refractivity contribution >= 4 is 0 Å². The molecule has 0 atom stereocenters. The first-order chi connectivity index (χ1) is 7.20. The van der Waals surface area contributed by atoms with Crippen LogP contribution in [-0.2, 0) is 0 Å². The lowest BCUT2D eigenvalue weighted by atomic mass is 9.96. The predicted molar refractivity (Wildman–Crippen MR) is 68.9 cm³/mol. The molecule has 0 aromatic carbocycles. The molecule has 15 heavy (non-hydrogen) atoms. The minimum Gasteiger partial charge on any atom is -0.100 e. The molecule has 82 valence electrons. The van der Waals surface area contributed by atoms with Crippen LogP contribution in [0.5, 0.6) is 0 Å². The molecule has 1 aliphatic rings. The minimum absolute atomic E-state index is 1.13. The molecule has 0 spiro atoms. The average molecular weight is 202 g/mol. The summed E-state index contributed by atoms with van der Waals surface area (Å²) in [6.45, 7) is 10.2. The molecule has 0 heteroatoms. The van der Waals surface area contributed by atoms with Crippen molar-refractivity contribution in [1.29, 1.82) is 0 Å². The van der Waals surface area contributed by atoms with Gasteiger partial charge in [0.15, 0.2) is 0 Å². The largest absolute Gasteiger partial charge is 0.100 e. The van der Waals surface area contributed by atoms with E-state index in [-0.39, 0.29) is 0 Å². The van der Waals surface area contributed by atoms with Crippen molar-refractivity contribution in [3.63, 3.8) is 0 Å². The fourth-order valence-electron chi connectivity index (χ4n) is 1.79. The van der Waals surface area contributed by atoms with E-state index in [4.69, 9.17) is 0 Å². The monoisotopic (exact) mass is 202 g/mol. The van der Waals surface area contributed by atoms with Gasteiger partial charge in [-0.15, -0.1) is 6.58 Å². The SMILES string of the molecule is C=C(C)CCCCC(=C)C1=CCCC=C1. The van der Waals surface area contributed by atoms with Crippen molar-refractivity contribution in [2.75, 3.05) is 0 Å². The second-order valence-electron chi connectivity index (χ2n) is 4.41. The summed E-state index contributed by atoms with van der Waals surface area (Å²) in [4.78, 5) is 0. The predicted octanol–water partition coefficient (Wildman–Crippen LogP) is 4.96. The van der Waals surface area contributed by atoms with Crippen molar-refractivity contribution in [2.45, 2.75) is 45.4 Å². The van der Waals surface area contributed by atoms with Gasteiger partial charge in [-0.25, -0.2) is 0 Å². The summed E-state index contributed by atoms with van der Waals surface area (Å²) < 4.78 is 0. The fraction of sp³-hybridized carbons (Fsp3) is 0.467. The number of rotatable bonds is 6. The van der Waals surface area contributed by atoms with Crippen LogP contribution in [0.4, 0.5) is 0 Å². The molecule has 0 aromatic rings. The van der Waals surface area contributed by atoms with Gasteiger partial charge in [-0.05, 0) is 56.6 Å². The maximum Gasteiger partial charge on any atom is -0.0273 e. The molecular formula is C15H22.